The fourth-order valence-electron chi connectivity index (χ4n) is 2.87. The van der Waals surface area contributed by atoms with Crippen LogP contribution in [-0.4, -0.2) is 29.0 Å². The molecule has 0 unspecified atom stereocenters. The van der Waals surface area contributed by atoms with Crippen LogP contribution in [0.2, 0.25) is 0 Å². The lowest BCUT2D eigenvalue weighted by Crippen LogP contribution is -2.25. The van der Waals surface area contributed by atoms with Crippen LogP contribution >= 0.6 is 0 Å². The topological polar surface area (TPSA) is 79.7 Å². The number of hydrogen-bond donors (Lipinski definition) is 0. The lowest BCUT2D eigenvalue weighted by molar-refractivity contribution is -0.134. The molecule has 0 fully saturated rings. The minimum absolute atomic E-state index is 0.174. The summed E-state index contributed by atoms with van der Waals surface area (Å²) in [7, 11) is 0. The normalized spacial score (nSPS) is 10.7. The van der Waals surface area contributed by atoms with E-state index in [-0.39, 0.29) is 36.9 Å². The van der Waals surface area contributed by atoms with Gasteiger partial charge in [-0.1, -0.05) is 24.6 Å². The average Bonchev–Trinajstić information content (AvgIpc) is 2.71. The van der Waals surface area contributed by atoms with Crippen LogP contribution in [0.3, 0.4) is 0 Å². The van der Waals surface area contributed by atoms with Crippen LogP contribution in [0.5, 0.6) is 17.2 Å². The van der Waals surface area contributed by atoms with Crippen molar-refractivity contribution in [3.8, 4) is 17.2 Å². The Bertz CT molecular complexity index is 1070. The van der Waals surface area contributed by atoms with Crippen molar-refractivity contribution in [2.45, 2.75) is 33.7 Å². The maximum absolute atomic E-state index is 12.6. The monoisotopic (exact) mass is 396 g/mol. The van der Waals surface area contributed by atoms with Gasteiger partial charge in [0, 0.05) is 11.8 Å². The fraction of sp³-hybridized carbons (Fsp3) is 0.318. The number of aromatic nitrogens is 2. The lowest BCUT2D eigenvalue weighted by Gasteiger charge is -2.15. The number of aryl methyl sites for hydroxylation is 1. The number of esters is 1. The Hall–Kier alpha value is -3.35. The van der Waals surface area contributed by atoms with Gasteiger partial charge in [-0.3, -0.25) is 9.59 Å². The predicted molar refractivity (Wildman–Crippen MR) is 110 cm³/mol. The molecule has 0 radical (unpaired) electrons. The zero-order valence-electron chi connectivity index (χ0n) is 16.8. The van der Waals surface area contributed by atoms with Crippen molar-refractivity contribution in [2.75, 3.05) is 13.2 Å². The second kappa shape index (κ2) is 9.23. The largest absolute Gasteiger partial charge is 0.490 e. The second-order valence-electron chi connectivity index (χ2n) is 6.46. The zero-order valence-corrected chi connectivity index (χ0v) is 16.8. The average molecular weight is 396 g/mol. The van der Waals surface area contributed by atoms with Crippen molar-refractivity contribution in [1.29, 1.82) is 0 Å². The first-order valence-electron chi connectivity index (χ1n) is 9.59. The van der Waals surface area contributed by atoms with Gasteiger partial charge in [0.2, 0.25) is 5.75 Å². The highest BCUT2D eigenvalue weighted by atomic mass is 16.6. The Labute approximate surface area is 168 Å². The summed E-state index contributed by atoms with van der Waals surface area (Å²) >= 11 is 0. The highest BCUT2D eigenvalue weighted by Gasteiger charge is 2.16. The van der Waals surface area contributed by atoms with Crippen molar-refractivity contribution >= 4 is 16.7 Å². The zero-order chi connectivity index (χ0) is 20.8. The number of carbonyl (C=O) groups is 1. The molecule has 0 aliphatic heterocycles. The molecule has 0 atom stereocenters. The van der Waals surface area contributed by atoms with Crippen LogP contribution in [-0.2, 0) is 11.3 Å². The van der Waals surface area contributed by atoms with Gasteiger partial charge in [0.05, 0.1) is 24.7 Å². The molecule has 0 amide bonds. The van der Waals surface area contributed by atoms with E-state index in [0.717, 1.165) is 10.9 Å². The van der Waals surface area contributed by atoms with E-state index in [1.807, 2.05) is 26.0 Å². The highest BCUT2D eigenvalue weighted by Crippen LogP contribution is 2.37. The molecule has 2 aromatic carbocycles. The fourth-order valence-corrected chi connectivity index (χ4v) is 2.87. The Balaban J connectivity index is 1.78. The number of hydrogen-bond acceptors (Lipinski definition) is 6. The predicted octanol–water partition coefficient (Wildman–Crippen LogP) is 3.50. The van der Waals surface area contributed by atoms with E-state index in [1.54, 1.807) is 37.4 Å². The Morgan fingerprint density at radius 1 is 1.10 bits per heavy atom. The van der Waals surface area contributed by atoms with Crippen LogP contribution in [0.25, 0.3) is 10.8 Å². The van der Waals surface area contributed by atoms with Crippen molar-refractivity contribution < 1.29 is 19.0 Å². The van der Waals surface area contributed by atoms with Crippen LogP contribution < -0.4 is 19.8 Å². The second-order valence-corrected chi connectivity index (χ2v) is 6.46. The molecule has 0 aliphatic rings. The molecular formula is C22H24N2O5. The molecule has 7 heteroatoms. The maximum Gasteiger partial charge on any atom is 0.311 e. The number of benzene rings is 2. The van der Waals surface area contributed by atoms with Gasteiger partial charge >= 0.3 is 5.97 Å². The molecule has 0 saturated heterocycles. The first-order chi connectivity index (χ1) is 14.0. The van der Waals surface area contributed by atoms with E-state index >= 15 is 0 Å². The van der Waals surface area contributed by atoms with Crippen molar-refractivity contribution in [1.82, 2.24) is 9.78 Å². The molecule has 7 nitrogen and oxygen atoms in total. The molecule has 1 aromatic heterocycles. The Morgan fingerprint density at radius 3 is 2.59 bits per heavy atom. The van der Waals surface area contributed by atoms with Gasteiger partial charge in [-0.05, 0) is 38.1 Å². The first-order valence-corrected chi connectivity index (χ1v) is 9.59. The van der Waals surface area contributed by atoms with Crippen LogP contribution in [0.15, 0.2) is 47.4 Å². The van der Waals surface area contributed by atoms with Crippen LogP contribution in [0, 0.1) is 6.92 Å². The summed E-state index contributed by atoms with van der Waals surface area (Å²) in [5.41, 5.74) is 0.898. The number of ether oxygens (including phenoxy) is 3. The smallest absolute Gasteiger partial charge is 0.311 e. The summed E-state index contributed by atoms with van der Waals surface area (Å²) in [4.78, 5) is 24.4. The third kappa shape index (κ3) is 4.74. The standard InChI is InChI=1S/C22H24N2O5/c1-4-20(25)29-21-18(27-5-2)7-6-8-19(21)28-12-11-24-22(26)17-10-9-15(3)13-16(17)14-23-24/h6-10,13-14H,4-5,11-12H2,1-3H3. The van der Waals surface area contributed by atoms with Crippen molar-refractivity contribution in [3.05, 3.63) is 58.5 Å². The van der Waals surface area contributed by atoms with Gasteiger partial charge in [-0.25, -0.2) is 4.68 Å². The summed E-state index contributed by atoms with van der Waals surface area (Å²) in [6.07, 6.45) is 1.91. The molecule has 1 heterocycles. The SMILES string of the molecule is CCOc1cccc(OCCn2ncc3cc(C)ccc3c2=O)c1OC(=O)CC. The molecule has 3 rings (SSSR count). The number of carbonyl (C=O) groups excluding carboxylic acids is 1. The number of para-hydroxylation sites is 1. The first kappa shape index (κ1) is 20.4. The van der Waals surface area contributed by atoms with Gasteiger partial charge in [0.25, 0.3) is 5.56 Å². The van der Waals surface area contributed by atoms with Gasteiger partial charge < -0.3 is 14.2 Å². The Morgan fingerprint density at radius 2 is 1.86 bits per heavy atom. The van der Waals surface area contributed by atoms with Crippen molar-refractivity contribution in [3.63, 3.8) is 0 Å². The van der Waals surface area contributed by atoms with E-state index in [2.05, 4.69) is 5.10 Å². The Kier molecular flexibility index (Phi) is 6.49. The highest BCUT2D eigenvalue weighted by molar-refractivity contribution is 5.81. The third-order valence-corrected chi connectivity index (χ3v) is 4.32. The summed E-state index contributed by atoms with van der Waals surface area (Å²) in [5.74, 6) is 0.672. The van der Waals surface area contributed by atoms with Crippen molar-refractivity contribution in [2.24, 2.45) is 0 Å². The lowest BCUT2D eigenvalue weighted by atomic mass is 10.1. The van der Waals surface area contributed by atoms with Crippen LogP contribution in [0.1, 0.15) is 25.8 Å². The van der Waals surface area contributed by atoms with Gasteiger partial charge in [-0.2, -0.15) is 5.10 Å². The molecule has 0 spiro atoms. The molecular weight excluding hydrogens is 372 g/mol. The molecule has 0 saturated carbocycles. The minimum Gasteiger partial charge on any atom is -0.490 e. The van der Waals surface area contributed by atoms with E-state index in [1.165, 1.54) is 4.68 Å². The van der Waals surface area contributed by atoms with Gasteiger partial charge in [0.1, 0.15) is 6.61 Å². The summed E-state index contributed by atoms with van der Waals surface area (Å²) in [6, 6.07) is 10.8. The maximum atomic E-state index is 12.6. The number of fused-ring (bicyclic) bond motifs is 1. The van der Waals surface area contributed by atoms with Gasteiger partial charge in [-0.15, -0.1) is 0 Å². The molecule has 0 aliphatic carbocycles. The summed E-state index contributed by atoms with van der Waals surface area (Å²) < 4.78 is 18.1. The molecule has 0 bridgehead atoms. The summed E-state index contributed by atoms with van der Waals surface area (Å²) in [5, 5.41) is 5.65. The molecule has 152 valence electrons. The van der Waals surface area contributed by atoms with E-state index in [4.69, 9.17) is 14.2 Å². The number of rotatable bonds is 8. The molecule has 3 aromatic rings. The quantitative estimate of drug-likeness (QED) is 0.428. The van der Waals surface area contributed by atoms with E-state index < -0.39 is 0 Å². The van der Waals surface area contributed by atoms with E-state index in [0.29, 0.717) is 23.5 Å². The third-order valence-electron chi connectivity index (χ3n) is 4.32. The molecule has 0 N–H and O–H groups in total. The minimum atomic E-state index is -0.385. The van der Waals surface area contributed by atoms with Gasteiger partial charge in [0.15, 0.2) is 11.5 Å². The number of nitrogens with zero attached hydrogens (tertiary/aromatic N) is 2. The molecule has 29 heavy (non-hydrogen) atoms. The van der Waals surface area contributed by atoms with Crippen LogP contribution in [0.4, 0.5) is 0 Å². The summed E-state index contributed by atoms with van der Waals surface area (Å²) in [6.45, 7) is 6.39. The van der Waals surface area contributed by atoms with E-state index in [9.17, 15) is 9.59 Å².